The summed E-state index contributed by atoms with van der Waals surface area (Å²) in [6, 6.07) is 0. The van der Waals surface area contributed by atoms with E-state index in [0.29, 0.717) is 0 Å². The van der Waals surface area contributed by atoms with Crippen LogP contribution < -0.4 is 0 Å². The molecule has 0 aromatic carbocycles. The molecule has 33 valence electrons. The van der Waals surface area contributed by atoms with Gasteiger partial charge in [-0.1, -0.05) is 19.4 Å². The maximum Gasteiger partial charge on any atom is 0 e. The largest absolute Gasteiger partial charge is 0.567 e. The van der Waals surface area contributed by atoms with Gasteiger partial charge in [-0.15, -0.1) is 0 Å². The molecule has 0 amide bonds. The predicted molar refractivity (Wildman–Crippen MR) is 19.5 cm³/mol. The van der Waals surface area contributed by atoms with Gasteiger partial charge in [0.1, 0.15) is 0 Å². The number of epoxide rings is 1. The van der Waals surface area contributed by atoms with E-state index < -0.39 is 0 Å². The van der Waals surface area contributed by atoms with Crippen LogP contribution in [0.3, 0.4) is 0 Å². The third-order valence-electron chi connectivity index (χ3n) is 0.589. The normalized spacial score (nSPS) is 25.0. The zero-order valence-corrected chi connectivity index (χ0v) is 6.90. The topological polar surface area (TPSA) is 12.5 Å². The molecular formula is C4H7OY-. The zero-order chi connectivity index (χ0) is 3.91. The second-order valence-corrected chi connectivity index (χ2v) is 1.84. The fraction of sp³-hybridized carbons (Fsp3) is 0.750. The number of rotatable bonds is 0. The Morgan fingerprint density at radius 2 is 1.67 bits per heavy atom. The van der Waals surface area contributed by atoms with Crippen LogP contribution in [0, 0.1) is 6.61 Å². The molecule has 1 heterocycles. The molecule has 0 aliphatic carbocycles. The van der Waals surface area contributed by atoms with Crippen molar-refractivity contribution in [3.63, 3.8) is 0 Å². The first-order valence-corrected chi connectivity index (χ1v) is 1.73. The number of ether oxygens (including phenoxy) is 1. The average molecular weight is 160 g/mol. The van der Waals surface area contributed by atoms with E-state index in [-0.39, 0.29) is 38.3 Å². The Morgan fingerprint density at radius 1 is 1.50 bits per heavy atom. The number of hydrogen-bond acceptors (Lipinski definition) is 1. The fourth-order valence-corrected chi connectivity index (χ4v) is 0.118. The van der Waals surface area contributed by atoms with E-state index in [4.69, 9.17) is 4.74 Å². The second kappa shape index (κ2) is 1.89. The molecule has 0 aromatic heterocycles. The summed E-state index contributed by atoms with van der Waals surface area (Å²) in [5.41, 5.74) is 0.125. The van der Waals surface area contributed by atoms with E-state index in [1.807, 2.05) is 20.5 Å². The summed E-state index contributed by atoms with van der Waals surface area (Å²) >= 11 is 0. The van der Waals surface area contributed by atoms with Crippen LogP contribution in [-0.2, 0) is 37.4 Å². The van der Waals surface area contributed by atoms with E-state index in [2.05, 4.69) is 0 Å². The molecule has 0 aromatic rings. The molecular weight excluding hydrogens is 153 g/mol. The Balaban J connectivity index is 0.000000250. The van der Waals surface area contributed by atoms with Crippen molar-refractivity contribution in [1.29, 1.82) is 0 Å². The summed E-state index contributed by atoms with van der Waals surface area (Å²) in [5.74, 6) is 0. The van der Waals surface area contributed by atoms with Crippen molar-refractivity contribution in [3.05, 3.63) is 6.61 Å². The molecule has 1 aliphatic rings. The van der Waals surface area contributed by atoms with Crippen molar-refractivity contribution in [3.8, 4) is 0 Å². The molecule has 6 heavy (non-hydrogen) atoms. The van der Waals surface area contributed by atoms with Crippen molar-refractivity contribution < 1.29 is 37.4 Å². The van der Waals surface area contributed by atoms with Gasteiger partial charge in [0.2, 0.25) is 0 Å². The molecule has 1 aliphatic heterocycles. The SMILES string of the molecule is CC1(C)[CH-]O1.[Y]. The molecule has 0 bridgehead atoms. The zero-order valence-electron chi connectivity index (χ0n) is 4.06. The van der Waals surface area contributed by atoms with Crippen LogP contribution in [0.15, 0.2) is 0 Å². The van der Waals surface area contributed by atoms with Crippen LogP contribution in [-0.4, -0.2) is 5.60 Å². The minimum atomic E-state index is 0. The first-order valence-electron chi connectivity index (χ1n) is 1.73. The molecule has 1 saturated heterocycles. The molecule has 1 radical (unpaired) electrons. The molecule has 0 spiro atoms. The first-order chi connectivity index (χ1) is 2.21. The monoisotopic (exact) mass is 160 g/mol. The predicted octanol–water partition coefficient (Wildman–Crippen LogP) is 0.954. The van der Waals surface area contributed by atoms with Crippen LogP contribution in [0.2, 0.25) is 0 Å². The molecule has 2 heteroatoms. The summed E-state index contributed by atoms with van der Waals surface area (Å²) in [6.45, 7) is 5.85. The van der Waals surface area contributed by atoms with Gasteiger partial charge in [0.05, 0.1) is 0 Å². The summed E-state index contributed by atoms with van der Waals surface area (Å²) in [5, 5.41) is 0. The minimum absolute atomic E-state index is 0. The van der Waals surface area contributed by atoms with E-state index in [0.717, 1.165) is 0 Å². The van der Waals surface area contributed by atoms with Gasteiger partial charge in [-0.3, -0.25) is 0 Å². The van der Waals surface area contributed by atoms with Gasteiger partial charge in [0, 0.05) is 32.7 Å². The van der Waals surface area contributed by atoms with Crippen molar-refractivity contribution in [2.75, 3.05) is 0 Å². The van der Waals surface area contributed by atoms with Gasteiger partial charge < -0.3 is 4.74 Å². The quantitative estimate of drug-likeness (QED) is 0.379. The third-order valence-corrected chi connectivity index (χ3v) is 0.589. The molecule has 1 fully saturated rings. The molecule has 1 rings (SSSR count). The molecule has 1 nitrogen and oxygen atoms in total. The van der Waals surface area contributed by atoms with Gasteiger partial charge in [-0.05, 0) is 0 Å². The maximum absolute atomic E-state index is 4.77. The van der Waals surface area contributed by atoms with Gasteiger partial charge in [0.15, 0.2) is 0 Å². The average Bonchev–Trinajstić information content (AvgIpc) is 1.76. The van der Waals surface area contributed by atoms with Gasteiger partial charge in [-0.25, -0.2) is 0 Å². The smallest absolute Gasteiger partial charge is 0 e. The van der Waals surface area contributed by atoms with Crippen molar-refractivity contribution >= 4 is 0 Å². The van der Waals surface area contributed by atoms with Gasteiger partial charge in [0.25, 0.3) is 0 Å². The first kappa shape index (κ1) is 7.06. The third kappa shape index (κ3) is 2.27. The van der Waals surface area contributed by atoms with Crippen LogP contribution in [0.1, 0.15) is 13.8 Å². The maximum atomic E-state index is 4.77. The van der Waals surface area contributed by atoms with Crippen molar-refractivity contribution in [1.82, 2.24) is 0 Å². The summed E-state index contributed by atoms with van der Waals surface area (Å²) in [6.07, 6.45) is 0. The van der Waals surface area contributed by atoms with Crippen LogP contribution in [0.5, 0.6) is 0 Å². The Morgan fingerprint density at radius 3 is 1.67 bits per heavy atom. The summed E-state index contributed by atoms with van der Waals surface area (Å²) in [7, 11) is 0. The Kier molecular flexibility index (Phi) is 2.23. The van der Waals surface area contributed by atoms with Gasteiger partial charge >= 0.3 is 0 Å². The van der Waals surface area contributed by atoms with E-state index in [1.165, 1.54) is 0 Å². The van der Waals surface area contributed by atoms with Crippen molar-refractivity contribution in [2.45, 2.75) is 19.4 Å². The Labute approximate surface area is 63.3 Å². The Bertz CT molecular complexity index is 45.5. The summed E-state index contributed by atoms with van der Waals surface area (Å²) < 4.78 is 4.77. The number of hydrogen-bond donors (Lipinski definition) is 0. The molecule has 0 unspecified atom stereocenters. The van der Waals surface area contributed by atoms with E-state index in [9.17, 15) is 0 Å². The fourth-order valence-electron chi connectivity index (χ4n) is 0.118. The molecule has 0 N–H and O–H groups in total. The minimum Gasteiger partial charge on any atom is -0.567 e. The summed E-state index contributed by atoms with van der Waals surface area (Å²) in [4.78, 5) is 0. The van der Waals surface area contributed by atoms with Crippen LogP contribution >= 0.6 is 0 Å². The molecule has 0 atom stereocenters. The van der Waals surface area contributed by atoms with Crippen LogP contribution in [0.4, 0.5) is 0 Å². The molecule has 0 saturated carbocycles. The Hall–Kier alpha value is 1.06. The van der Waals surface area contributed by atoms with E-state index >= 15 is 0 Å². The van der Waals surface area contributed by atoms with Crippen LogP contribution in [0.25, 0.3) is 0 Å². The second-order valence-electron chi connectivity index (χ2n) is 1.84. The van der Waals surface area contributed by atoms with Gasteiger partial charge in [-0.2, -0.15) is 6.61 Å². The standard InChI is InChI=1S/C4H7O.Y/c1-4(2)3-5-4;/h3H,1-2H3;/q-1;. The van der Waals surface area contributed by atoms with Crippen molar-refractivity contribution in [2.24, 2.45) is 0 Å². The van der Waals surface area contributed by atoms with E-state index in [1.54, 1.807) is 0 Å².